The van der Waals surface area contributed by atoms with Crippen LogP contribution >= 0.6 is 0 Å². The normalized spacial score (nSPS) is 33.2. The predicted octanol–water partition coefficient (Wildman–Crippen LogP) is 2.57. The van der Waals surface area contributed by atoms with Gasteiger partial charge in [0.1, 0.15) is 11.6 Å². The van der Waals surface area contributed by atoms with Gasteiger partial charge in [0.2, 0.25) is 11.8 Å². The summed E-state index contributed by atoms with van der Waals surface area (Å²) in [6, 6.07) is -0.315. The molecule has 1 aliphatic carbocycles. The van der Waals surface area contributed by atoms with E-state index in [1.807, 2.05) is 18.7 Å². The second kappa shape index (κ2) is 5.98. The highest BCUT2D eigenvalue weighted by atomic mass is 16.2. The highest BCUT2D eigenvalue weighted by Crippen LogP contribution is 2.31. The van der Waals surface area contributed by atoms with Gasteiger partial charge in [0, 0.05) is 6.54 Å². The van der Waals surface area contributed by atoms with Crippen molar-refractivity contribution in [3.05, 3.63) is 0 Å². The lowest BCUT2D eigenvalue weighted by Gasteiger charge is -2.46. The Hall–Kier alpha value is -1.06. The van der Waals surface area contributed by atoms with Crippen molar-refractivity contribution in [3.63, 3.8) is 0 Å². The molecule has 21 heavy (non-hydrogen) atoms. The molecule has 120 valence electrons. The van der Waals surface area contributed by atoms with Crippen molar-refractivity contribution >= 4 is 11.8 Å². The molecule has 1 atom stereocenters. The van der Waals surface area contributed by atoms with Crippen molar-refractivity contribution in [2.45, 2.75) is 71.9 Å². The summed E-state index contributed by atoms with van der Waals surface area (Å²) in [5.74, 6) is 1.57. The number of rotatable bonds is 3. The summed E-state index contributed by atoms with van der Waals surface area (Å²) < 4.78 is 0. The van der Waals surface area contributed by atoms with E-state index in [0.717, 1.165) is 12.5 Å². The van der Waals surface area contributed by atoms with Gasteiger partial charge < -0.3 is 10.2 Å². The Labute approximate surface area is 128 Å². The maximum Gasteiger partial charge on any atom is 0.248 e. The van der Waals surface area contributed by atoms with E-state index in [9.17, 15) is 9.59 Å². The van der Waals surface area contributed by atoms with Crippen molar-refractivity contribution in [1.82, 2.24) is 10.2 Å². The summed E-state index contributed by atoms with van der Waals surface area (Å²) in [6.07, 6.45) is 4.85. The Bertz CT molecular complexity index is 409. The lowest BCUT2D eigenvalue weighted by molar-refractivity contribution is -0.156. The third-order valence-electron chi connectivity index (χ3n) is 5.06. The molecule has 2 rings (SSSR count). The minimum atomic E-state index is -0.773. The zero-order valence-electron chi connectivity index (χ0n) is 14.1. The molecule has 1 N–H and O–H groups in total. The van der Waals surface area contributed by atoms with Crippen molar-refractivity contribution in [2.24, 2.45) is 17.8 Å². The molecule has 0 aromatic carbocycles. The van der Waals surface area contributed by atoms with E-state index in [2.05, 4.69) is 12.2 Å². The average molecular weight is 294 g/mol. The third kappa shape index (κ3) is 3.41. The summed E-state index contributed by atoms with van der Waals surface area (Å²) in [4.78, 5) is 27.0. The van der Waals surface area contributed by atoms with Crippen LogP contribution in [0.2, 0.25) is 0 Å². The second-order valence-electron chi connectivity index (χ2n) is 7.89. The smallest absolute Gasteiger partial charge is 0.248 e. The molecule has 1 aliphatic heterocycles. The minimum absolute atomic E-state index is 0.00113. The Balaban J connectivity index is 2.14. The standard InChI is InChI=1S/C17H30N2O2/c1-11(2)14-15(20)18-17(4,5)16(21)19(14)10-13-8-6-12(3)7-9-13/h11-14H,6-10H2,1-5H3,(H,18,20). The summed E-state index contributed by atoms with van der Waals surface area (Å²) in [5.41, 5.74) is -0.773. The van der Waals surface area contributed by atoms with E-state index >= 15 is 0 Å². The Morgan fingerprint density at radius 3 is 2.29 bits per heavy atom. The molecule has 0 aromatic rings. The molecule has 0 bridgehead atoms. The zero-order valence-corrected chi connectivity index (χ0v) is 14.1. The number of hydrogen-bond acceptors (Lipinski definition) is 2. The van der Waals surface area contributed by atoms with E-state index in [-0.39, 0.29) is 23.8 Å². The van der Waals surface area contributed by atoms with E-state index in [1.165, 1.54) is 25.7 Å². The van der Waals surface area contributed by atoms with Gasteiger partial charge in [0.15, 0.2) is 0 Å². The highest BCUT2D eigenvalue weighted by Gasteiger charge is 2.46. The number of carbonyl (C=O) groups is 2. The van der Waals surface area contributed by atoms with E-state index in [0.29, 0.717) is 5.92 Å². The quantitative estimate of drug-likeness (QED) is 0.869. The van der Waals surface area contributed by atoms with Crippen LogP contribution in [0.25, 0.3) is 0 Å². The van der Waals surface area contributed by atoms with Crippen LogP contribution in [-0.4, -0.2) is 34.8 Å². The molecule has 1 heterocycles. The monoisotopic (exact) mass is 294 g/mol. The Morgan fingerprint density at radius 1 is 1.19 bits per heavy atom. The first-order valence-corrected chi connectivity index (χ1v) is 8.35. The molecule has 0 spiro atoms. The molecule has 1 saturated heterocycles. The van der Waals surface area contributed by atoms with Gasteiger partial charge in [-0.1, -0.05) is 33.6 Å². The van der Waals surface area contributed by atoms with Gasteiger partial charge in [-0.3, -0.25) is 9.59 Å². The zero-order chi connectivity index (χ0) is 15.8. The molecule has 1 saturated carbocycles. The molecule has 0 aromatic heterocycles. The van der Waals surface area contributed by atoms with E-state index in [1.54, 1.807) is 13.8 Å². The van der Waals surface area contributed by atoms with Gasteiger partial charge >= 0.3 is 0 Å². The number of nitrogens with one attached hydrogen (secondary N) is 1. The molecule has 1 unspecified atom stereocenters. The van der Waals surface area contributed by atoms with Gasteiger partial charge in [-0.25, -0.2) is 0 Å². The third-order valence-corrected chi connectivity index (χ3v) is 5.06. The second-order valence-corrected chi connectivity index (χ2v) is 7.89. The van der Waals surface area contributed by atoms with Gasteiger partial charge in [0.05, 0.1) is 0 Å². The number of nitrogens with zero attached hydrogens (tertiary/aromatic N) is 1. The van der Waals surface area contributed by atoms with Crippen LogP contribution in [0.4, 0.5) is 0 Å². The molecule has 2 amide bonds. The number of carbonyl (C=O) groups excluding carboxylic acids is 2. The van der Waals surface area contributed by atoms with Crippen LogP contribution in [0.1, 0.15) is 60.3 Å². The number of piperazine rings is 1. The lowest BCUT2D eigenvalue weighted by Crippen LogP contribution is -2.69. The molecule has 2 fully saturated rings. The first-order valence-electron chi connectivity index (χ1n) is 8.35. The summed E-state index contributed by atoms with van der Waals surface area (Å²) in [6.45, 7) is 10.7. The molecule has 0 radical (unpaired) electrons. The SMILES string of the molecule is CC1CCC(CN2C(=O)C(C)(C)NC(=O)C2C(C)C)CC1. The predicted molar refractivity (Wildman–Crippen MR) is 83.7 cm³/mol. The first-order chi connectivity index (χ1) is 9.72. The molecular weight excluding hydrogens is 264 g/mol. The van der Waals surface area contributed by atoms with Crippen molar-refractivity contribution in [3.8, 4) is 0 Å². The molecular formula is C17H30N2O2. The van der Waals surface area contributed by atoms with Crippen molar-refractivity contribution < 1.29 is 9.59 Å². The van der Waals surface area contributed by atoms with E-state index in [4.69, 9.17) is 0 Å². The molecule has 2 aliphatic rings. The average Bonchev–Trinajstić information content (AvgIpc) is 2.37. The van der Waals surface area contributed by atoms with Crippen LogP contribution in [0.15, 0.2) is 0 Å². The fraction of sp³-hybridized carbons (Fsp3) is 0.882. The highest BCUT2D eigenvalue weighted by molar-refractivity contribution is 5.99. The van der Waals surface area contributed by atoms with Crippen molar-refractivity contribution in [1.29, 1.82) is 0 Å². The summed E-state index contributed by atoms with van der Waals surface area (Å²) in [5, 5.41) is 2.88. The van der Waals surface area contributed by atoms with Crippen LogP contribution < -0.4 is 5.32 Å². The first kappa shape index (κ1) is 16.3. The molecule has 4 heteroatoms. The Kier molecular flexibility index (Phi) is 4.64. The van der Waals surface area contributed by atoms with Crippen LogP contribution in [-0.2, 0) is 9.59 Å². The summed E-state index contributed by atoms with van der Waals surface area (Å²) >= 11 is 0. The number of amides is 2. The van der Waals surface area contributed by atoms with E-state index < -0.39 is 5.54 Å². The number of hydrogen-bond donors (Lipinski definition) is 1. The van der Waals surface area contributed by atoms with Gasteiger partial charge in [-0.05, 0) is 44.4 Å². The van der Waals surface area contributed by atoms with Crippen LogP contribution in [0, 0.1) is 17.8 Å². The van der Waals surface area contributed by atoms with Crippen LogP contribution in [0.3, 0.4) is 0 Å². The maximum absolute atomic E-state index is 12.8. The minimum Gasteiger partial charge on any atom is -0.340 e. The fourth-order valence-corrected chi connectivity index (χ4v) is 3.71. The van der Waals surface area contributed by atoms with Gasteiger partial charge in [-0.15, -0.1) is 0 Å². The fourth-order valence-electron chi connectivity index (χ4n) is 3.71. The lowest BCUT2D eigenvalue weighted by atomic mass is 9.81. The summed E-state index contributed by atoms with van der Waals surface area (Å²) in [7, 11) is 0. The van der Waals surface area contributed by atoms with Crippen LogP contribution in [0.5, 0.6) is 0 Å². The van der Waals surface area contributed by atoms with Gasteiger partial charge in [-0.2, -0.15) is 0 Å². The molecule has 4 nitrogen and oxygen atoms in total. The Morgan fingerprint density at radius 2 is 1.76 bits per heavy atom. The van der Waals surface area contributed by atoms with Crippen molar-refractivity contribution in [2.75, 3.05) is 6.54 Å². The topological polar surface area (TPSA) is 49.4 Å². The van der Waals surface area contributed by atoms with Gasteiger partial charge in [0.25, 0.3) is 0 Å². The maximum atomic E-state index is 12.8. The largest absolute Gasteiger partial charge is 0.340 e.